The lowest BCUT2D eigenvalue weighted by atomic mass is 10.0. The second-order valence-corrected chi connectivity index (χ2v) is 7.06. The van der Waals surface area contributed by atoms with Gasteiger partial charge in [-0.25, -0.2) is 0 Å². The average Bonchev–Trinajstić information content (AvgIpc) is 2.70. The highest BCUT2D eigenvalue weighted by Gasteiger charge is 2.12. The Bertz CT molecular complexity index is 854. The van der Waals surface area contributed by atoms with Gasteiger partial charge in [0.25, 0.3) is 11.8 Å². The van der Waals surface area contributed by atoms with Gasteiger partial charge < -0.3 is 14.2 Å². The molecule has 0 fully saturated rings. The predicted molar refractivity (Wildman–Crippen MR) is 109 cm³/mol. The van der Waals surface area contributed by atoms with E-state index in [4.69, 9.17) is 14.2 Å². The predicted octanol–water partition coefficient (Wildman–Crippen LogP) is 3.43. The highest BCUT2D eigenvalue weighted by molar-refractivity contribution is 9.10. The van der Waals surface area contributed by atoms with Crippen LogP contribution in [0.1, 0.15) is 35.7 Å². The number of carbonyl (C=O) groups excluding carboxylic acids is 2. The van der Waals surface area contributed by atoms with E-state index in [0.29, 0.717) is 28.7 Å². The van der Waals surface area contributed by atoms with Gasteiger partial charge in [-0.15, -0.1) is 0 Å². The van der Waals surface area contributed by atoms with Crippen LogP contribution in [-0.2, 0) is 4.79 Å². The van der Waals surface area contributed by atoms with Crippen LogP contribution in [0.2, 0.25) is 0 Å². The summed E-state index contributed by atoms with van der Waals surface area (Å²) in [6.07, 6.45) is 0. The van der Waals surface area contributed by atoms with Crippen LogP contribution >= 0.6 is 15.9 Å². The zero-order valence-corrected chi connectivity index (χ0v) is 17.8. The third-order valence-electron chi connectivity index (χ3n) is 3.94. The maximum Gasteiger partial charge on any atom is 0.276 e. The minimum absolute atomic E-state index is 0.244. The van der Waals surface area contributed by atoms with Crippen molar-refractivity contribution in [1.29, 1.82) is 0 Å². The molecule has 0 radical (unpaired) electrons. The summed E-state index contributed by atoms with van der Waals surface area (Å²) in [6.45, 7) is 3.94. The number of hydrazine groups is 1. The zero-order valence-electron chi connectivity index (χ0n) is 16.2. The molecule has 0 saturated heterocycles. The van der Waals surface area contributed by atoms with Gasteiger partial charge in [0.15, 0.2) is 18.1 Å². The van der Waals surface area contributed by atoms with Crippen molar-refractivity contribution in [3.63, 3.8) is 0 Å². The zero-order chi connectivity index (χ0) is 20.7. The van der Waals surface area contributed by atoms with Gasteiger partial charge in [-0.2, -0.15) is 0 Å². The van der Waals surface area contributed by atoms with Crippen molar-refractivity contribution in [2.45, 2.75) is 19.8 Å². The highest BCUT2D eigenvalue weighted by atomic mass is 79.9. The van der Waals surface area contributed by atoms with Crippen LogP contribution in [0.4, 0.5) is 0 Å². The second-order valence-electron chi connectivity index (χ2n) is 6.21. The van der Waals surface area contributed by atoms with Crippen LogP contribution in [-0.4, -0.2) is 32.6 Å². The van der Waals surface area contributed by atoms with Crippen LogP contribution < -0.4 is 25.1 Å². The fourth-order valence-corrected chi connectivity index (χ4v) is 2.86. The summed E-state index contributed by atoms with van der Waals surface area (Å²) < 4.78 is 16.5. The molecule has 0 aromatic heterocycles. The molecule has 8 heteroatoms. The van der Waals surface area contributed by atoms with Crippen molar-refractivity contribution < 1.29 is 23.8 Å². The van der Waals surface area contributed by atoms with E-state index < -0.39 is 11.8 Å². The first-order valence-corrected chi connectivity index (χ1v) is 9.38. The number of halogens is 1. The maximum atomic E-state index is 12.2. The van der Waals surface area contributed by atoms with Crippen LogP contribution in [0.3, 0.4) is 0 Å². The largest absolute Gasteiger partial charge is 0.493 e. The van der Waals surface area contributed by atoms with Crippen LogP contribution in [0.25, 0.3) is 0 Å². The number of amides is 2. The lowest BCUT2D eigenvalue weighted by Gasteiger charge is -2.12. The van der Waals surface area contributed by atoms with E-state index in [0.717, 1.165) is 10.0 Å². The van der Waals surface area contributed by atoms with Gasteiger partial charge in [0.2, 0.25) is 0 Å². The average molecular weight is 451 g/mol. The number of benzene rings is 2. The fraction of sp³-hybridized carbons (Fsp3) is 0.300. The topological polar surface area (TPSA) is 85.9 Å². The monoisotopic (exact) mass is 450 g/mol. The minimum atomic E-state index is -0.492. The van der Waals surface area contributed by atoms with Gasteiger partial charge in [0, 0.05) is 5.56 Å². The Balaban J connectivity index is 1.88. The summed E-state index contributed by atoms with van der Waals surface area (Å²) in [5, 5.41) is 0. The molecule has 2 aromatic rings. The third kappa shape index (κ3) is 5.63. The van der Waals surface area contributed by atoms with Crippen LogP contribution in [0.5, 0.6) is 17.2 Å². The molecule has 0 aliphatic rings. The molecule has 0 bridgehead atoms. The second kappa shape index (κ2) is 9.98. The molecule has 2 aromatic carbocycles. The van der Waals surface area contributed by atoms with Gasteiger partial charge in [0.05, 0.1) is 18.7 Å². The number of nitrogens with one attached hydrogen (secondary N) is 2. The Morgan fingerprint density at radius 1 is 0.964 bits per heavy atom. The van der Waals surface area contributed by atoms with Crippen LogP contribution in [0, 0.1) is 0 Å². The molecule has 0 heterocycles. The van der Waals surface area contributed by atoms with Crippen molar-refractivity contribution in [3.05, 3.63) is 52.0 Å². The molecule has 0 atom stereocenters. The summed E-state index contributed by atoms with van der Waals surface area (Å²) in [5.74, 6) is 0.877. The standard InChI is InChI=1S/C20H23BrN2O5/c1-12(2)13-5-7-16(15(21)9-13)28-11-19(24)22-23-20(25)14-6-8-17(26-3)18(10-14)27-4/h5-10,12H,11H2,1-4H3,(H,22,24)(H,23,25). The van der Waals surface area contributed by atoms with E-state index in [1.807, 2.05) is 12.1 Å². The lowest BCUT2D eigenvalue weighted by molar-refractivity contribution is -0.123. The number of hydrogen-bond donors (Lipinski definition) is 2. The Kier molecular flexibility index (Phi) is 7.69. The van der Waals surface area contributed by atoms with E-state index in [9.17, 15) is 9.59 Å². The number of rotatable bonds is 7. The number of carbonyl (C=O) groups is 2. The first-order valence-electron chi connectivity index (χ1n) is 8.59. The number of ether oxygens (including phenoxy) is 3. The van der Waals surface area contributed by atoms with E-state index in [-0.39, 0.29) is 6.61 Å². The first-order chi connectivity index (χ1) is 13.3. The Hall–Kier alpha value is -2.74. The number of hydrogen-bond acceptors (Lipinski definition) is 5. The van der Waals surface area contributed by atoms with Gasteiger partial charge in [-0.1, -0.05) is 19.9 Å². The molecule has 7 nitrogen and oxygen atoms in total. The van der Waals surface area contributed by atoms with Gasteiger partial charge in [-0.3, -0.25) is 20.4 Å². The molecule has 0 saturated carbocycles. The molecule has 2 N–H and O–H groups in total. The molecule has 0 unspecified atom stereocenters. The first kappa shape index (κ1) is 21.6. The molecule has 0 aliphatic heterocycles. The van der Waals surface area contributed by atoms with Gasteiger partial charge in [0.1, 0.15) is 5.75 Å². The smallest absolute Gasteiger partial charge is 0.276 e. The Morgan fingerprint density at radius 3 is 2.25 bits per heavy atom. The normalized spacial score (nSPS) is 10.4. The van der Waals surface area contributed by atoms with Crippen LogP contribution in [0.15, 0.2) is 40.9 Å². The van der Waals surface area contributed by atoms with Gasteiger partial charge >= 0.3 is 0 Å². The van der Waals surface area contributed by atoms with E-state index in [2.05, 4.69) is 40.6 Å². The van der Waals surface area contributed by atoms with Gasteiger partial charge in [-0.05, 0) is 57.7 Å². The SMILES string of the molecule is COc1ccc(C(=O)NNC(=O)COc2ccc(C(C)C)cc2Br)cc1OC. The van der Waals surface area contributed by atoms with E-state index >= 15 is 0 Å². The van der Waals surface area contributed by atoms with Crippen molar-refractivity contribution in [2.24, 2.45) is 0 Å². The minimum Gasteiger partial charge on any atom is -0.493 e. The molecule has 28 heavy (non-hydrogen) atoms. The molecular formula is C20H23BrN2O5. The summed E-state index contributed by atoms with van der Waals surface area (Å²) >= 11 is 3.44. The Labute approximate surface area is 172 Å². The molecular weight excluding hydrogens is 428 g/mol. The summed E-state index contributed by atoms with van der Waals surface area (Å²) in [4.78, 5) is 24.1. The quantitative estimate of drug-likeness (QED) is 0.631. The van der Waals surface area contributed by atoms with E-state index in [1.165, 1.54) is 20.3 Å². The summed E-state index contributed by atoms with van der Waals surface area (Å²) in [7, 11) is 2.98. The maximum absolute atomic E-state index is 12.2. The third-order valence-corrected chi connectivity index (χ3v) is 4.56. The van der Waals surface area contributed by atoms with Crippen molar-refractivity contribution in [1.82, 2.24) is 10.9 Å². The van der Waals surface area contributed by atoms with E-state index in [1.54, 1.807) is 18.2 Å². The number of methoxy groups -OCH3 is 2. The summed E-state index contributed by atoms with van der Waals surface area (Å²) in [6, 6.07) is 10.4. The lowest BCUT2D eigenvalue weighted by Crippen LogP contribution is -2.43. The molecule has 0 spiro atoms. The molecule has 0 aliphatic carbocycles. The molecule has 150 valence electrons. The fourth-order valence-electron chi connectivity index (χ4n) is 2.35. The Morgan fingerprint density at radius 2 is 1.64 bits per heavy atom. The van der Waals surface area contributed by atoms with Crippen molar-refractivity contribution >= 4 is 27.7 Å². The molecule has 2 amide bonds. The van der Waals surface area contributed by atoms with Crippen molar-refractivity contribution in [2.75, 3.05) is 20.8 Å². The molecule has 2 rings (SSSR count). The highest BCUT2D eigenvalue weighted by Crippen LogP contribution is 2.29. The van der Waals surface area contributed by atoms with Crippen molar-refractivity contribution in [3.8, 4) is 17.2 Å². The summed E-state index contributed by atoms with van der Waals surface area (Å²) in [5.41, 5.74) is 6.12.